The van der Waals surface area contributed by atoms with Gasteiger partial charge in [0.1, 0.15) is 11.8 Å². The second-order valence-corrected chi connectivity index (χ2v) is 9.73. The molecule has 0 aliphatic carbocycles. The lowest BCUT2D eigenvalue weighted by Crippen LogP contribution is -2.51. The largest absolute Gasteiger partial charge is 0.494 e. The minimum absolute atomic E-state index is 0.0548. The fraction of sp³-hybridized carbons (Fsp3) is 0.310. The molecule has 0 heterocycles. The molecular weight excluding hydrogens is 495 g/mol. The highest BCUT2D eigenvalue weighted by molar-refractivity contribution is 6.31. The first-order valence-corrected chi connectivity index (χ1v) is 12.8. The van der Waals surface area contributed by atoms with Gasteiger partial charge in [-0.1, -0.05) is 71.7 Å². The Morgan fingerprint density at radius 2 is 1.58 bits per heavy atom. The molecule has 3 aromatic rings. The van der Waals surface area contributed by atoms with Crippen LogP contribution < -0.4 is 10.1 Å². The Hall–Kier alpha value is -3.02. The zero-order valence-corrected chi connectivity index (χ0v) is 22.1. The lowest BCUT2D eigenvalue weighted by Gasteiger charge is -2.32. The van der Waals surface area contributed by atoms with Crippen LogP contribution in [0.15, 0.2) is 78.9 Å². The molecule has 190 valence electrons. The van der Waals surface area contributed by atoms with Gasteiger partial charge in [0, 0.05) is 35.5 Å². The van der Waals surface area contributed by atoms with Crippen molar-refractivity contribution in [2.24, 2.45) is 0 Å². The molecule has 7 heteroatoms. The molecule has 0 bridgehead atoms. The maximum Gasteiger partial charge on any atom is 0.243 e. The number of carbonyl (C=O) groups is 2. The van der Waals surface area contributed by atoms with Crippen molar-refractivity contribution in [3.05, 3.63) is 100 Å². The van der Waals surface area contributed by atoms with Gasteiger partial charge >= 0.3 is 0 Å². The highest BCUT2D eigenvalue weighted by Gasteiger charge is 2.30. The molecule has 0 aliphatic rings. The van der Waals surface area contributed by atoms with E-state index < -0.39 is 6.04 Å². The third-order valence-electron chi connectivity index (χ3n) is 5.62. The molecule has 0 fully saturated rings. The van der Waals surface area contributed by atoms with Crippen LogP contribution in [-0.2, 0) is 22.6 Å². The molecule has 1 atom stereocenters. The third kappa shape index (κ3) is 8.58. The smallest absolute Gasteiger partial charge is 0.243 e. The number of carbonyl (C=O) groups excluding carboxylic acids is 2. The monoisotopic (exact) mass is 526 g/mol. The van der Waals surface area contributed by atoms with Crippen LogP contribution in [0.2, 0.25) is 10.0 Å². The number of rotatable bonds is 12. The van der Waals surface area contributed by atoms with Crippen molar-refractivity contribution in [2.45, 2.75) is 51.7 Å². The van der Waals surface area contributed by atoms with Crippen molar-refractivity contribution < 1.29 is 14.3 Å². The van der Waals surface area contributed by atoms with Gasteiger partial charge in [0.25, 0.3) is 0 Å². The van der Waals surface area contributed by atoms with Crippen LogP contribution in [-0.4, -0.2) is 35.4 Å². The molecule has 5 nitrogen and oxygen atoms in total. The third-order valence-corrected chi connectivity index (χ3v) is 6.24. The minimum Gasteiger partial charge on any atom is -0.494 e. The minimum atomic E-state index is -0.684. The van der Waals surface area contributed by atoms with E-state index in [1.807, 2.05) is 62.4 Å². The average Bonchev–Trinajstić information content (AvgIpc) is 2.86. The van der Waals surface area contributed by atoms with Gasteiger partial charge in [0.05, 0.1) is 6.61 Å². The standard InChI is InChI=1S/C29H32Cl2N2O3/c1-21(2)32-29(35)27(19-22-9-4-3-5-10-22)33(20-23-11-6-7-12-26(23)31)28(34)13-8-18-36-25-16-14-24(30)15-17-25/h3-7,9-12,14-17,21,27H,8,13,18-20H2,1-2H3,(H,32,35). The summed E-state index contributed by atoms with van der Waals surface area (Å²) in [5.41, 5.74) is 1.77. The van der Waals surface area contributed by atoms with Crippen molar-refractivity contribution in [1.29, 1.82) is 0 Å². The Morgan fingerprint density at radius 3 is 2.25 bits per heavy atom. The van der Waals surface area contributed by atoms with Gasteiger partial charge in [0.2, 0.25) is 11.8 Å². The molecule has 0 saturated carbocycles. The summed E-state index contributed by atoms with van der Waals surface area (Å²) >= 11 is 12.4. The van der Waals surface area contributed by atoms with Gasteiger partial charge < -0.3 is 15.0 Å². The first-order chi connectivity index (χ1) is 17.3. The average molecular weight is 527 g/mol. The molecule has 36 heavy (non-hydrogen) atoms. The van der Waals surface area contributed by atoms with E-state index in [-0.39, 0.29) is 30.8 Å². The van der Waals surface area contributed by atoms with Crippen molar-refractivity contribution in [3.63, 3.8) is 0 Å². The van der Waals surface area contributed by atoms with E-state index in [2.05, 4.69) is 5.32 Å². The summed E-state index contributed by atoms with van der Waals surface area (Å²) < 4.78 is 5.75. The summed E-state index contributed by atoms with van der Waals surface area (Å²) in [5, 5.41) is 4.19. The number of hydrogen-bond donors (Lipinski definition) is 1. The van der Waals surface area contributed by atoms with Crippen LogP contribution in [0, 0.1) is 0 Å². The Labute approximate surface area is 223 Å². The van der Waals surface area contributed by atoms with Crippen LogP contribution in [0.5, 0.6) is 5.75 Å². The first-order valence-electron chi connectivity index (χ1n) is 12.1. The van der Waals surface area contributed by atoms with Gasteiger partial charge in [-0.25, -0.2) is 0 Å². The van der Waals surface area contributed by atoms with Crippen molar-refractivity contribution in [1.82, 2.24) is 10.2 Å². The fourth-order valence-electron chi connectivity index (χ4n) is 3.83. The van der Waals surface area contributed by atoms with Gasteiger partial charge in [-0.3, -0.25) is 9.59 Å². The van der Waals surface area contributed by atoms with E-state index in [0.29, 0.717) is 35.2 Å². The molecule has 1 N–H and O–H groups in total. The Morgan fingerprint density at radius 1 is 0.917 bits per heavy atom. The molecule has 3 aromatic carbocycles. The normalized spacial score (nSPS) is 11.7. The van der Waals surface area contributed by atoms with E-state index >= 15 is 0 Å². The Bertz CT molecular complexity index is 1120. The van der Waals surface area contributed by atoms with E-state index in [9.17, 15) is 9.59 Å². The van der Waals surface area contributed by atoms with Gasteiger partial charge in [-0.15, -0.1) is 0 Å². The molecule has 1 unspecified atom stereocenters. The number of amides is 2. The highest BCUT2D eigenvalue weighted by Crippen LogP contribution is 2.22. The van der Waals surface area contributed by atoms with E-state index in [1.54, 1.807) is 35.2 Å². The second kappa shape index (κ2) is 13.9. The topological polar surface area (TPSA) is 58.6 Å². The lowest BCUT2D eigenvalue weighted by atomic mass is 10.0. The summed E-state index contributed by atoms with van der Waals surface area (Å²) in [7, 11) is 0. The highest BCUT2D eigenvalue weighted by atomic mass is 35.5. The zero-order valence-electron chi connectivity index (χ0n) is 20.6. The fourth-order valence-corrected chi connectivity index (χ4v) is 4.15. The summed E-state index contributed by atoms with van der Waals surface area (Å²) in [5.74, 6) is 0.374. The zero-order chi connectivity index (χ0) is 25.9. The molecular formula is C29H32Cl2N2O3. The van der Waals surface area contributed by atoms with Crippen molar-refractivity contribution in [2.75, 3.05) is 6.61 Å². The quantitative estimate of drug-likeness (QED) is 0.281. The number of hydrogen-bond acceptors (Lipinski definition) is 3. The SMILES string of the molecule is CC(C)NC(=O)C(Cc1ccccc1)N(Cc1ccccc1Cl)C(=O)CCCOc1ccc(Cl)cc1. The van der Waals surface area contributed by atoms with Crippen molar-refractivity contribution in [3.8, 4) is 5.75 Å². The van der Waals surface area contributed by atoms with Crippen molar-refractivity contribution >= 4 is 35.0 Å². The van der Waals surface area contributed by atoms with Crippen LogP contribution in [0.1, 0.15) is 37.8 Å². The maximum atomic E-state index is 13.6. The second-order valence-electron chi connectivity index (χ2n) is 8.89. The molecule has 0 radical (unpaired) electrons. The number of nitrogens with one attached hydrogen (secondary N) is 1. The summed E-state index contributed by atoms with van der Waals surface area (Å²) in [6.07, 6.45) is 1.14. The van der Waals surface area contributed by atoms with Crippen LogP contribution in [0.25, 0.3) is 0 Å². The van der Waals surface area contributed by atoms with E-state index in [1.165, 1.54) is 0 Å². The number of ether oxygens (including phenoxy) is 1. The molecule has 0 spiro atoms. The summed E-state index contributed by atoms with van der Waals surface area (Å²) in [4.78, 5) is 28.6. The number of nitrogens with zero attached hydrogens (tertiary/aromatic N) is 1. The molecule has 0 aromatic heterocycles. The maximum absolute atomic E-state index is 13.6. The summed E-state index contributed by atoms with van der Waals surface area (Å²) in [6, 6.07) is 23.5. The van der Waals surface area contributed by atoms with Crippen LogP contribution in [0.3, 0.4) is 0 Å². The van der Waals surface area contributed by atoms with E-state index in [4.69, 9.17) is 27.9 Å². The molecule has 2 amide bonds. The molecule has 0 aliphatic heterocycles. The lowest BCUT2D eigenvalue weighted by molar-refractivity contribution is -0.141. The predicted octanol–water partition coefficient (Wildman–Crippen LogP) is 6.32. The van der Waals surface area contributed by atoms with Crippen LogP contribution >= 0.6 is 23.2 Å². The summed E-state index contributed by atoms with van der Waals surface area (Å²) in [6.45, 7) is 4.42. The Balaban J connectivity index is 1.79. The van der Waals surface area contributed by atoms with Gasteiger partial charge in [-0.05, 0) is 61.7 Å². The molecule has 3 rings (SSSR count). The molecule has 0 saturated heterocycles. The Kier molecular flexibility index (Phi) is 10.6. The number of halogens is 2. The van der Waals surface area contributed by atoms with Gasteiger partial charge in [0.15, 0.2) is 0 Å². The number of benzene rings is 3. The first kappa shape index (κ1) is 27.6. The van der Waals surface area contributed by atoms with Crippen LogP contribution in [0.4, 0.5) is 0 Å². The van der Waals surface area contributed by atoms with Gasteiger partial charge in [-0.2, -0.15) is 0 Å². The predicted molar refractivity (Wildman–Crippen MR) is 145 cm³/mol. The van der Waals surface area contributed by atoms with E-state index in [0.717, 1.165) is 11.1 Å².